The van der Waals surface area contributed by atoms with Crippen LogP contribution in [0, 0.1) is 12.7 Å². The van der Waals surface area contributed by atoms with E-state index in [9.17, 15) is 13.2 Å². The quantitative estimate of drug-likeness (QED) is 0.803. The molecule has 2 heterocycles. The Labute approximate surface area is 157 Å². The summed E-state index contributed by atoms with van der Waals surface area (Å²) in [5.74, 6) is -1.98. The highest BCUT2D eigenvalue weighted by atomic mass is 19.3. The zero-order valence-corrected chi connectivity index (χ0v) is 15.5. The molecule has 0 atom stereocenters. The summed E-state index contributed by atoms with van der Waals surface area (Å²) in [6.07, 6.45) is 3.00. The number of piperidine rings is 1. The fourth-order valence-corrected chi connectivity index (χ4v) is 3.34. The van der Waals surface area contributed by atoms with Gasteiger partial charge in [0.25, 0.3) is 5.92 Å². The molecule has 1 aliphatic heterocycles. The third kappa shape index (κ3) is 4.68. The minimum atomic E-state index is -3.00. The molecule has 146 valence electrons. The summed E-state index contributed by atoms with van der Waals surface area (Å²) in [7, 11) is 1.80. The van der Waals surface area contributed by atoms with Crippen LogP contribution < -0.4 is 10.6 Å². The molecule has 1 saturated heterocycles. The zero-order chi connectivity index (χ0) is 19.4. The first-order valence-electron chi connectivity index (χ1n) is 9.01. The van der Waals surface area contributed by atoms with Gasteiger partial charge in [0.2, 0.25) is 0 Å². The largest absolute Gasteiger partial charge is 0.373 e. The molecule has 27 heavy (non-hydrogen) atoms. The average Bonchev–Trinajstić information content (AvgIpc) is 2.65. The molecule has 0 spiro atoms. The number of alkyl halides is 2. The van der Waals surface area contributed by atoms with E-state index < -0.39 is 11.7 Å². The van der Waals surface area contributed by atoms with Crippen molar-refractivity contribution in [3.05, 3.63) is 47.5 Å². The summed E-state index contributed by atoms with van der Waals surface area (Å²) in [5.41, 5.74) is 0.783. The van der Waals surface area contributed by atoms with Gasteiger partial charge in [-0.3, -0.25) is 4.90 Å². The van der Waals surface area contributed by atoms with Gasteiger partial charge in [-0.15, -0.1) is 0 Å². The maximum atomic E-state index is 14.4. The standard InChI is InChI=1S/C19H24F3N5/c1-13-17(23-2)24-12-25-18(13)26-16-7-9-27(10-8-16)11-19(21,22)14-3-5-15(20)6-4-14/h3-6,12,16H,7-11H2,1-2H3,(H2,23,24,25,26). The molecule has 1 fully saturated rings. The Morgan fingerprint density at radius 3 is 2.37 bits per heavy atom. The average molecular weight is 379 g/mol. The monoisotopic (exact) mass is 379 g/mol. The van der Waals surface area contributed by atoms with E-state index in [1.54, 1.807) is 11.9 Å². The molecule has 3 rings (SSSR count). The Balaban J connectivity index is 1.55. The van der Waals surface area contributed by atoms with Crippen molar-refractivity contribution < 1.29 is 13.2 Å². The minimum Gasteiger partial charge on any atom is -0.373 e. The third-order valence-corrected chi connectivity index (χ3v) is 4.94. The maximum absolute atomic E-state index is 14.4. The van der Waals surface area contributed by atoms with Crippen molar-refractivity contribution in [3.63, 3.8) is 0 Å². The van der Waals surface area contributed by atoms with Crippen molar-refractivity contribution in [3.8, 4) is 0 Å². The molecule has 0 saturated carbocycles. The smallest absolute Gasteiger partial charge is 0.285 e. The fraction of sp³-hybridized carbons (Fsp3) is 0.474. The van der Waals surface area contributed by atoms with Crippen LogP contribution in [-0.4, -0.2) is 47.6 Å². The number of hydrogen-bond donors (Lipinski definition) is 2. The predicted octanol–water partition coefficient (Wildman–Crippen LogP) is 3.63. The lowest BCUT2D eigenvalue weighted by molar-refractivity contribution is -0.0421. The minimum absolute atomic E-state index is 0.152. The molecule has 0 bridgehead atoms. The second kappa shape index (κ2) is 8.12. The van der Waals surface area contributed by atoms with E-state index in [-0.39, 0.29) is 18.2 Å². The number of anilines is 2. The molecule has 5 nitrogen and oxygen atoms in total. The van der Waals surface area contributed by atoms with E-state index in [4.69, 9.17) is 0 Å². The van der Waals surface area contributed by atoms with Crippen LogP contribution in [0.25, 0.3) is 0 Å². The third-order valence-electron chi connectivity index (χ3n) is 4.94. The number of hydrogen-bond acceptors (Lipinski definition) is 5. The number of likely N-dealkylation sites (tertiary alicyclic amines) is 1. The van der Waals surface area contributed by atoms with Crippen LogP contribution in [-0.2, 0) is 5.92 Å². The van der Waals surface area contributed by atoms with Crippen molar-refractivity contribution in [1.82, 2.24) is 14.9 Å². The van der Waals surface area contributed by atoms with Crippen LogP contribution in [0.4, 0.5) is 24.8 Å². The van der Waals surface area contributed by atoms with Gasteiger partial charge >= 0.3 is 0 Å². The number of aromatic nitrogens is 2. The zero-order valence-electron chi connectivity index (χ0n) is 15.5. The highest BCUT2D eigenvalue weighted by Gasteiger charge is 2.35. The molecule has 1 aromatic carbocycles. The molecule has 2 aromatic rings. The van der Waals surface area contributed by atoms with Gasteiger partial charge in [0.15, 0.2) is 0 Å². The van der Waals surface area contributed by atoms with Gasteiger partial charge in [-0.2, -0.15) is 8.78 Å². The maximum Gasteiger partial charge on any atom is 0.285 e. The molecule has 8 heteroatoms. The molecule has 1 aliphatic rings. The van der Waals surface area contributed by atoms with Crippen molar-refractivity contribution in [2.45, 2.75) is 31.7 Å². The number of nitrogens with one attached hydrogen (secondary N) is 2. The first kappa shape index (κ1) is 19.4. The van der Waals surface area contributed by atoms with Gasteiger partial charge in [-0.05, 0) is 31.9 Å². The van der Waals surface area contributed by atoms with Crippen LogP contribution in [0.5, 0.6) is 0 Å². The van der Waals surface area contributed by atoms with Gasteiger partial charge in [0, 0.05) is 37.3 Å². The Morgan fingerprint density at radius 2 is 1.74 bits per heavy atom. The lowest BCUT2D eigenvalue weighted by Gasteiger charge is -2.34. The van der Waals surface area contributed by atoms with Gasteiger partial charge in [0.1, 0.15) is 23.8 Å². The second-order valence-electron chi connectivity index (χ2n) is 6.85. The van der Waals surface area contributed by atoms with Crippen LogP contribution in [0.3, 0.4) is 0 Å². The first-order valence-corrected chi connectivity index (χ1v) is 9.01. The van der Waals surface area contributed by atoms with E-state index in [0.717, 1.165) is 54.3 Å². The molecular formula is C19H24F3N5. The molecule has 2 N–H and O–H groups in total. The van der Waals surface area contributed by atoms with Crippen LogP contribution >= 0.6 is 0 Å². The summed E-state index contributed by atoms with van der Waals surface area (Å²) in [6.45, 7) is 2.71. The lowest BCUT2D eigenvalue weighted by atomic mass is 10.0. The van der Waals surface area contributed by atoms with Crippen LogP contribution in [0.15, 0.2) is 30.6 Å². The summed E-state index contributed by atoms with van der Waals surface area (Å²) in [4.78, 5) is 10.2. The van der Waals surface area contributed by atoms with E-state index in [2.05, 4.69) is 20.6 Å². The van der Waals surface area contributed by atoms with Gasteiger partial charge < -0.3 is 10.6 Å². The number of rotatable bonds is 6. The van der Waals surface area contributed by atoms with Gasteiger partial charge in [0.05, 0.1) is 6.54 Å². The fourth-order valence-electron chi connectivity index (χ4n) is 3.34. The van der Waals surface area contributed by atoms with Gasteiger partial charge in [-0.1, -0.05) is 12.1 Å². The van der Waals surface area contributed by atoms with Crippen molar-refractivity contribution in [1.29, 1.82) is 0 Å². The highest BCUT2D eigenvalue weighted by Crippen LogP contribution is 2.30. The Bertz CT molecular complexity index is 758. The highest BCUT2D eigenvalue weighted by molar-refractivity contribution is 5.56. The molecule has 0 amide bonds. The normalized spacial score (nSPS) is 16.3. The number of nitrogens with zero attached hydrogens (tertiary/aromatic N) is 3. The second-order valence-corrected chi connectivity index (χ2v) is 6.85. The molecule has 1 aromatic heterocycles. The van der Waals surface area contributed by atoms with Crippen LogP contribution in [0.2, 0.25) is 0 Å². The molecular weight excluding hydrogens is 355 g/mol. The van der Waals surface area contributed by atoms with E-state index in [1.165, 1.54) is 6.33 Å². The topological polar surface area (TPSA) is 53.1 Å². The number of benzene rings is 1. The van der Waals surface area contributed by atoms with Crippen molar-refractivity contribution >= 4 is 11.6 Å². The summed E-state index contributed by atoms with van der Waals surface area (Å²) < 4.78 is 41.9. The first-order chi connectivity index (χ1) is 12.9. The van der Waals surface area contributed by atoms with E-state index in [1.807, 2.05) is 6.92 Å². The van der Waals surface area contributed by atoms with E-state index >= 15 is 0 Å². The lowest BCUT2D eigenvalue weighted by Crippen LogP contribution is -2.43. The predicted molar refractivity (Wildman–Crippen MR) is 99.7 cm³/mol. The Morgan fingerprint density at radius 1 is 1.11 bits per heavy atom. The van der Waals surface area contributed by atoms with Crippen molar-refractivity contribution in [2.24, 2.45) is 0 Å². The number of halogens is 3. The Kier molecular flexibility index (Phi) is 5.84. The van der Waals surface area contributed by atoms with Crippen molar-refractivity contribution in [2.75, 3.05) is 37.3 Å². The molecule has 0 unspecified atom stereocenters. The summed E-state index contributed by atoms with van der Waals surface area (Å²) in [6, 6.07) is 4.63. The summed E-state index contributed by atoms with van der Waals surface area (Å²) in [5, 5.41) is 6.42. The van der Waals surface area contributed by atoms with E-state index in [0.29, 0.717) is 13.1 Å². The Hall–Kier alpha value is -2.35. The summed E-state index contributed by atoms with van der Waals surface area (Å²) >= 11 is 0. The molecule has 0 aliphatic carbocycles. The molecule has 0 radical (unpaired) electrons. The SMILES string of the molecule is CNc1ncnc(NC2CCN(CC(F)(F)c3ccc(F)cc3)CC2)c1C. The van der Waals surface area contributed by atoms with Gasteiger partial charge in [-0.25, -0.2) is 14.4 Å². The van der Waals surface area contributed by atoms with Crippen LogP contribution in [0.1, 0.15) is 24.0 Å².